The van der Waals surface area contributed by atoms with Crippen LogP contribution in [0.4, 0.5) is 0 Å². The molecule has 0 heterocycles. The number of ether oxygens (including phenoxy) is 3. The predicted octanol–water partition coefficient (Wildman–Crippen LogP) is 4.38. The van der Waals surface area contributed by atoms with Gasteiger partial charge in [-0.1, -0.05) is 27.5 Å². The van der Waals surface area contributed by atoms with Crippen molar-refractivity contribution >= 4 is 33.8 Å². The van der Waals surface area contributed by atoms with Gasteiger partial charge in [0.25, 0.3) is 0 Å². The maximum absolute atomic E-state index is 11.1. The van der Waals surface area contributed by atoms with Crippen molar-refractivity contribution in [1.29, 1.82) is 0 Å². The van der Waals surface area contributed by atoms with E-state index in [9.17, 15) is 4.79 Å². The molecule has 0 saturated carbocycles. The van der Waals surface area contributed by atoms with E-state index in [0.29, 0.717) is 34.4 Å². The van der Waals surface area contributed by atoms with Gasteiger partial charge in [-0.2, -0.15) is 0 Å². The molecule has 22 heavy (non-hydrogen) atoms. The van der Waals surface area contributed by atoms with Crippen molar-refractivity contribution in [1.82, 2.24) is 0 Å². The summed E-state index contributed by atoms with van der Waals surface area (Å²) in [7, 11) is 1.52. The number of hydrogen-bond donors (Lipinski definition) is 0. The summed E-state index contributed by atoms with van der Waals surface area (Å²) >= 11 is 9.12. The lowest BCUT2D eigenvalue weighted by Gasteiger charge is -2.13. The number of carbonyl (C=O) groups excluding carboxylic acids is 1. The first-order valence-corrected chi connectivity index (χ1v) is 7.65. The first kappa shape index (κ1) is 16.6. The minimum absolute atomic E-state index is 0.279. The number of halogens is 2. The lowest BCUT2D eigenvalue weighted by molar-refractivity contribution is 0.111. The highest BCUT2D eigenvalue weighted by Crippen LogP contribution is 2.33. The van der Waals surface area contributed by atoms with Crippen LogP contribution in [-0.2, 0) is 0 Å². The summed E-state index contributed by atoms with van der Waals surface area (Å²) in [6.07, 6.45) is 0.725. The molecule has 2 aromatic rings. The Morgan fingerprint density at radius 2 is 1.82 bits per heavy atom. The van der Waals surface area contributed by atoms with Crippen LogP contribution in [0.2, 0.25) is 5.02 Å². The Bertz CT molecular complexity index is 643. The van der Waals surface area contributed by atoms with E-state index >= 15 is 0 Å². The van der Waals surface area contributed by atoms with Crippen LogP contribution in [0.15, 0.2) is 40.9 Å². The molecule has 0 spiro atoms. The molecule has 0 atom stereocenters. The topological polar surface area (TPSA) is 44.8 Å². The lowest BCUT2D eigenvalue weighted by atomic mass is 10.2. The van der Waals surface area contributed by atoms with Crippen LogP contribution in [0.25, 0.3) is 0 Å². The monoisotopic (exact) mass is 384 g/mol. The Labute approximate surface area is 142 Å². The number of hydrogen-bond acceptors (Lipinski definition) is 4. The maximum Gasteiger partial charge on any atom is 0.171 e. The highest BCUT2D eigenvalue weighted by Gasteiger charge is 2.12. The number of carbonyl (C=O) groups is 1. The average molecular weight is 386 g/mol. The van der Waals surface area contributed by atoms with E-state index < -0.39 is 0 Å². The first-order chi connectivity index (χ1) is 10.6. The molecule has 0 bridgehead atoms. The molecular formula is C16H14BrClO4. The van der Waals surface area contributed by atoms with Crippen LogP contribution < -0.4 is 14.2 Å². The van der Waals surface area contributed by atoms with Gasteiger partial charge in [0.1, 0.15) is 19.0 Å². The summed E-state index contributed by atoms with van der Waals surface area (Å²) in [6.45, 7) is 0.612. The Hall–Kier alpha value is -1.72. The number of rotatable bonds is 7. The first-order valence-electron chi connectivity index (χ1n) is 6.48. The molecule has 0 N–H and O–H groups in total. The molecule has 6 heteroatoms. The van der Waals surface area contributed by atoms with E-state index in [2.05, 4.69) is 15.9 Å². The summed E-state index contributed by atoms with van der Waals surface area (Å²) in [5, 5.41) is 0.652. The molecule has 0 aliphatic heterocycles. The van der Waals surface area contributed by atoms with Crippen LogP contribution in [-0.4, -0.2) is 26.6 Å². The molecule has 2 aromatic carbocycles. The SMILES string of the molecule is COc1cc(Br)cc(C=O)c1OCCOc1ccc(Cl)cc1. The fourth-order valence-electron chi connectivity index (χ4n) is 1.82. The molecule has 2 rings (SSSR count). The largest absolute Gasteiger partial charge is 0.493 e. The quantitative estimate of drug-likeness (QED) is 0.524. The normalized spacial score (nSPS) is 10.1. The van der Waals surface area contributed by atoms with Crippen molar-refractivity contribution in [2.24, 2.45) is 0 Å². The number of methoxy groups -OCH3 is 1. The van der Waals surface area contributed by atoms with Gasteiger partial charge in [0.15, 0.2) is 17.8 Å². The smallest absolute Gasteiger partial charge is 0.171 e. The van der Waals surface area contributed by atoms with Gasteiger partial charge in [-0.15, -0.1) is 0 Å². The van der Waals surface area contributed by atoms with Crippen molar-refractivity contribution < 1.29 is 19.0 Å². The second-order valence-electron chi connectivity index (χ2n) is 4.30. The van der Waals surface area contributed by atoms with Gasteiger partial charge in [0.05, 0.1) is 12.7 Å². The van der Waals surface area contributed by atoms with Gasteiger partial charge in [-0.25, -0.2) is 0 Å². The molecule has 0 saturated heterocycles. The van der Waals surface area contributed by atoms with Gasteiger partial charge >= 0.3 is 0 Å². The Kier molecular flexibility index (Phi) is 6.10. The molecule has 0 unspecified atom stereocenters. The highest BCUT2D eigenvalue weighted by molar-refractivity contribution is 9.10. The second kappa shape index (κ2) is 8.06. The molecule has 0 aliphatic carbocycles. The van der Waals surface area contributed by atoms with Crippen LogP contribution in [0.5, 0.6) is 17.2 Å². The summed E-state index contributed by atoms with van der Waals surface area (Å²) in [6, 6.07) is 10.5. The van der Waals surface area contributed by atoms with Crippen molar-refractivity contribution in [3.8, 4) is 17.2 Å². The molecule has 0 amide bonds. The lowest BCUT2D eigenvalue weighted by Crippen LogP contribution is -2.10. The third kappa shape index (κ3) is 4.39. The van der Waals surface area contributed by atoms with Crippen LogP contribution >= 0.6 is 27.5 Å². The van der Waals surface area contributed by atoms with Gasteiger partial charge < -0.3 is 14.2 Å². The van der Waals surface area contributed by atoms with Gasteiger partial charge in [0.2, 0.25) is 0 Å². The summed E-state index contributed by atoms with van der Waals surface area (Å²) < 4.78 is 17.1. The highest BCUT2D eigenvalue weighted by atomic mass is 79.9. The zero-order valence-electron chi connectivity index (χ0n) is 11.8. The van der Waals surface area contributed by atoms with Gasteiger partial charge in [-0.3, -0.25) is 4.79 Å². The second-order valence-corrected chi connectivity index (χ2v) is 5.65. The summed E-state index contributed by atoms with van der Waals surface area (Å²) in [5.41, 5.74) is 0.415. The Morgan fingerprint density at radius 1 is 1.14 bits per heavy atom. The fraction of sp³-hybridized carbons (Fsp3) is 0.188. The zero-order valence-corrected chi connectivity index (χ0v) is 14.2. The molecule has 4 nitrogen and oxygen atoms in total. The Morgan fingerprint density at radius 3 is 2.45 bits per heavy atom. The zero-order chi connectivity index (χ0) is 15.9. The maximum atomic E-state index is 11.1. The minimum atomic E-state index is 0.279. The summed E-state index contributed by atoms with van der Waals surface area (Å²) in [5.74, 6) is 1.59. The summed E-state index contributed by atoms with van der Waals surface area (Å²) in [4.78, 5) is 11.1. The standard InChI is InChI=1S/C16H14BrClO4/c1-20-15-9-12(17)8-11(10-19)16(15)22-7-6-21-14-4-2-13(18)3-5-14/h2-5,8-10H,6-7H2,1H3. The van der Waals surface area contributed by atoms with E-state index in [1.54, 1.807) is 36.4 Å². The van der Waals surface area contributed by atoms with Crippen molar-refractivity contribution in [3.63, 3.8) is 0 Å². The van der Waals surface area contributed by atoms with E-state index in [-0.39, 0.29) is 6.61 Å². The van der Waals surface area contributed by atoms with Crippen molar-refractivity contribution in [2.45, 2.75) is 0 Å². The van der Waals surface area contributed by atoms with E-state index in [0.717, 1.165) is 10.8 Å². The minimum Gasteiger partial charge on any atom is -0.493 e. The third-order valence-electron chi connectivity index (χ3n) is 2.81. The van der Waals surface area contributed by atoms with E-state index in [4.69, 9.17) is 25.8 Å². The van der Waals surface area contributed by atoms with Crippen LogP contribution in [0.1, 0.15) is 10.4 Å². The average Bonchev–Trinajstić information content (AvgIpc) is 2.53. The van der Waals surface area contributed by atoms with Gasteiger partial charge in [0, 0.05) is 9.50 Å². The third-order valence-corrected chi connectivity index (χ3v) is 3.52. The fourth-order valence-corrected chi connectivity index (χ4v) is 2.40. The number of benzene rings is 2. The predicted molar refractivity (Wildman–Crippen MR) is 88.5 cm³/mol. The van der Waals surface area contributed by atoms with E-state index in [1.807, 2.05) is 0 Å². The molecule has 0 fully saturated rings. The van der Waals surface area contributed by atoms with Gasteiger partial charge in [-0.05, 0) is 36.4 Å². The van der Waals surface area contributed by atoms with Crippen LogP contribution in [0, 0.1) is 0 Å². The molecule has 0 radical (unpaired) electrons. The Balaban J connectivity index is 1.96. The van der Waals surface area contributed by atoms with Crippen molar-refractivity contribution in [2.75, 3.05) is 20.3 Å². The molecular weight excluding hydrogens is 372 g/mol. The molecule has 0 aromatic heterocycles. The van der Waals surface area contributed by atoms with E-state index in [1.165, 1.54) is 7.11 Å². The molecule has 0 aliphatic rings. The molecule has 116 valence electrons. The van der Waals surface area contributed by atoms with Crippen LogP contribution in [0.3, 0.4) is 0 Å². The number of aldehydes is 1. The van der Waals surface area contributed by atoms with Crippen molar-refractivity contribution in [3.05, 3.63) is 51.5 Å².